The number of carbonyl (C=O) groups excluding carboxylic acids is 1. The molecule has 2 aromatic carbocycles. The normalized spacial score (nSPS) is 10.5. The zero-order valence-electron chi connectivity index (χ0n) is 15.3. The van der Waals surface area contributed by atoms with Crippen LogP contribution in [-0.2, 0) is 4.79 Å². The maximum atomic E-state index is 12.2. The molecule has 0 aliphatic heterocycles. The number of para-hydroxylation sites is 2. The van der Waals surface area contributed by atoms with Gasteiger partial charge in [0.05, 0.1) is 18.6 Å². The Morgan fingerprint density at radius 2 is 1.89 bits per heavy atom. The molecule has 3 aromatic rings. The van der Waals surface area contributed by atoms with Gasteiger partial charge in [0.2, 0.25) is 11.0 Å². The first kappa shape index (κ1) is 19.2. The quantitative estimate of drug-likeness (QED) is 0.563. The van der Waals surface area contributed by atoms with E-state index in [2.05, 4.69) is 26.9 Å². The summed E-state index contributed by atoms with van der Waals surface area (Å²) >= 11 is 2.75. The molecule has 3 rings (SSSR count). The van der Waals surface area contributed by atoms with Crippen molar-refractivity contribution in [3.8, 4) is 5.75 Å². The van der Waals surface area contributed by atoms with E-state index in [4.69, 9.17) is 4.74 Å². The average molecular weight is 401 g/mol. The molecule has 8 heteroatoms. The van der Waals surface area contributed by atoms with Crippen LogP contribution in [0.4, 0.5) is 16.5 Å². The van der Waals surface area contributed by atoms with E-state index in [1.54, 1.807) is 7.11 Å². The predicted molar refractivity (Wildman–Crippen MR) is 111 cm³/mol. The molecule has 2 N–H and O–H groups in total. The Balaban J connectivity index is 1.55. The van der Waals surface area contributed by atoms with Crippen molar-refractivity contribution in [1.29, 1.82) is 0 Å². The summed E-state index contributed by atoms with van der Waals surface area (Å²) in [6, 6.07) is 13.6. The number of thioether (sulfide) groups is 1. The first-order valence-electron chi connectivity index (χ1n) is 8.28. The highest BCUT2D eigenvalue weighted by Gasteiger charge is 2.10. The fourth-order valence-corrected chi connectivity index (χ4v) is 4.12. The van der Waals surface area contributed by atoms with Crippen molar-refractivity contribution >= 4 is 45.5 Å². The second-order valence-corrected chi connectivity index (χ2v) is 8.11. The third-order valence-electron chi connectivity index (χ3n) is 3.59. The van der Waals surface area contributed by atoms with Crippen LogP contribution in [0.1, 0.15) is 11.1 Å². The number of methoxy groups -OCH3 is 1. The van der Waals surface area contributed by atoms with Crippen LogP contribution in [0.2, 0.25) is 0 Å². The molecule has 0 bridgehead atoms. The van der Waals surface area contributed by atoms with Gasteiger partial charge >= 0.3 is 0 Å². The Hall–Kier alpha value is -2.58. The fourth-order valence-electron chi connectivity index (χ4n) is 2.55. The van der Waals surface area contributed by atoms with Crippen molar-refractivity contribution in [2.75, 3.05) is 23.5 Å². The largest absolute Gasteiger partial charge is 0.495 e. The smallest absolute Gasteiger partial charge is 0.234 e. The van der Waals surface area contributed by atoms with Gasteiger partial charge in [-0.2, -0.15) is 0 Å². The number of anilines is 3. The zero-order chi connectivity index (χ0) is 19.2. The van der Waals surface area contributed by atoms with Gasteiger partial charge in [0.25, 0.3) is 0 Å². The molecule has 0 saturated heterocycles. The maximum Gasteiger partial charge on any atom is 0.234 e. The van der Waals surface area contributed by atoms with E-state index >= 15 is 0 Å². The topological polar surface area (TPSA) is 76.1 Å². The van der Waals surface area contributed by atoms with E-state index in [0.29, 0.717) is 5.13 Å². The van der Waals surface area contributed by atoms with E-state index in [1.807, 2.05) is 50.2 Å². The number of aromatic nitrogens is 2. The van der Waals surface area contributed by atoms with E-state index in [0.717, 1.165) is 32.6 Å². The molecule has 1 amide bonds. The number of aryl methyl sites for hydroxylation is 2. The molecule has 140 valence electrons. The lowest BCUT2D eigenvalue weighted by Crippen LogP contribution is -2.14. The Morgan fingerprint density at radius 3 is 2.63 bits per heavy atom. The highest BCUT2D eigenvalue weighted by Crippen LogP contribution is 2.31. The van der Waals surface area contributed by atoms with Crippen LogP contribution in [0.15, 0.2) is 46.8 Å². The van der Waals surface area contributed by atoms with Gasteiger partial charge in [0, 0.05) is 5.69 Å². The first-order chi connectivity index (χ1) is 13.0. The second-order valence-electron chi connectivity index (χ2n) is 5.91. The van der Waals surface area contributed by atoms with Gasteiger partial charge in [-0.15, -0.1) is 10.2 Å². The number of nitrogens with zero attached hydrogens (tertiary/aromatic N) is 2. The van der Waals surface area contributed by atoms with Crippen molar-refractivity contribution in [2.24, 2.45) is 0 Å². The maximum absolute atomic E-state index is 12.2. The van der Waals surface area contributed by atoms with Gasteiger partial charge in [-0.3, -0.25) is 4.79 Å². The van der Waals surface area contributed by atoms with Gasteiger partial charge in [-0.25, -0.2) is 0 Å². The minimum Gasteiger partial charge on any atom is -0.495 e. The number of hydrogen-bond donors (Lipinski definition) is 2. The molecular weight excluding hydrogens is 380 g/mol. The zero-order valence-corrected chi connectivity index (χ0v) is 16.9. The van der Waals surface area contributed by atoms with Crippen molar-refractivity contribution in [3.63, 3.8) is 0 Å². The van der Waals surface area contributed by atoms with E-state index in [1.165, 1.54) is 23.1 Å². The fraction of sp³-hybridized carbons (Fsp3) is 0.211. The first-order valence-corrected chi connectivity index (χ1v) is 10.1. The van der Waals surface area contributed by atoms with Crippen molar-refractivity contribution < 1.29 is 9.53 Å². The summed E-state index contributed by atoms with van der Waals surface area (Å²) in [6.45, 7) is 4.02. The molecule has 0 saturated carbocycles. The molecule has 0 fully saturated rings. The Morgan fingerprint density at radius 1 is 1.15 bits per heavy atom. The van der Waals surface area contributed by atoms with Gasteiger partial charge < -0.3 is 15.4 Å². The monoisotopic (exact) mass is 400 g/mol. The molecular formula is C19H20N4O2S2. The molecule has 27 heavy (non-hydrogen) atoms. The van der Waals surface area contributed by atoms with E-state index in [9.17, 15) is 4.79 Å². The van der Waals surface area contributed by atoms with E-state index in [-0.39, 0.29) is 11.7 Å². The standard InChI is InChI=1S/C19H20N4O2S2/c1-12-8-13(2)10-14(9-12)20-17(24)11-26-19-23-22-18(27-19)21-15-6-4-5-7-16(15)25-3/h4-10H,11H2,1-3H3,(H,20,24)(H,21,22). The van der Waals surface area contributed by atoms with Gasteiger partial charge in [-0.1, -0.05) is 41.3 Å². The summed E-state index contributed by atoms with van der Waals surface area (Å²) in [5.41, 5.74) is 3.87. The molecule has 0 aliphatic rings. The minimum atomic E-state index is -0.0700. The predicted octanol–water partition coefficient (Wildman–Crippen LogP) is 4.64. The lowest BCUT2D eigenvalue weighted by molar-refractivity contribution is -0.113. The summed E-state index contributed by atoms with van der Waals surface area (Å²) in [5, 5.41) is 15.0. The van der Waals surface area contributed by atoms with Gasteiger partial charge in [0.15, 0.2) is 4.34 Å². The highest BCUT2D eigenvalue weighted by atomic mass is 32.2. The Bertz CT molecular complexity index is 923. The summed E-state index contributed by atoms with van der Waals surface area (Å²) < 4.78 is 6.04. The van der Waals surface area contributed by atoms with Crippen LogP contribution in [0.3, 0.4) is 0 Å². The molecule has 0 unspecified atom stereocenters. The number of benzene rings is 2. The van der Waals surface area contributed by atoms with E-state index < -0.39 is 0 Å². The Labute approximate surface area is 166 Å². The number of amides is 1. The number of hydrogen-bond acceptors (Lipinski definition) is 7. The summed E-state index contributed by atoms with van der Waals surface area (Å²) in [7, 11) is 1.62. The number of nitrogens with one attached hydrogen (secondary N) is 2. The lowest BCUT2D eigenvalue weighted by Gasteiger charge is -2.07. The average Bonchev–Trinajstić information content (AvgIpc) is 3.07. The molecule has 0 atom stereocenters. The van der Waals surface area contributed by atoms with Crippen LogP contribution in [0, 0.1) is 13.8 Å². The van der Waals surface area contributed by atoms with Crippen LogP contribution in [0.25, 0.3) is 0 Å². The molecule has 6 nitrogen and oxygen atoms in total. The van der Waals surface area contributed by atoms with Crippen molar-refractivity contribution in [3.05, 3.63) is 53.6 Å². The summed E-state index contributed by atoms with van der Waals surface area (Å²) in [6.07, 6.45) is 0. The second kappa shape index (κ2) is 8.88. The third kappa shape index (κ3) is 5.45. The number of ether oxygens (including phenoxy) is 1. The van der Waals surface area contributed by atoms with Crippen molar-refractivity contribution in [2.45, 2.75) is 18.2 Å². The lowest BCUT2D eigenvalue weighted by atomic mass is 10.1. The summed E-state index contributed by atoms with van der Waals surface area (Å²) in [5.74, 6) is 0.935. The van der Waals surface area contributed by atoms with Gasteiger partial charge in [-0.05, 0) is 49.2 Å². The molecule has 1 aromatic heterocycles. The number of rotatable bonds is 7. The van der Waals surface area contributed by atoms with Crippen molar-refractivity contribution in [1.82, 2.24) is 10.2 Å². The molecule has 1 heterocycles. The SMILES string of the molecule is COc1ccccc1Nc1nnc(SCC(=O)Nc2cc(C)cc(C)c2)s1. The molecule has 0 aliphatic carbocycles. The number of carbonyl (C=O) groups is 1. The minimum absolute atomic E-state index is 0.0700. The highest BCUT2D eigenvalue weighted by molar-refractivity contribution is 8.01. The van der Waals surface area contributed by atoms with Crippen LogP contribution >= 0.6 is 23.1 Å². The van der Waals surface area contributed by atoms with Crippen LogP contribution in [0.5, 0.6) is 5.75 Å². The molecule has 0 radical (unpaired) electrons. The third-order valence-corrected chi connectivity index (χ3v) is 5.56. The van der Waals surface area contributed by atoms with Crippen LogP contribution < -0.4 is 15.4 Å². The van der Waals surface area contributed by atoms with Gasteiger partial charge in [0.1, 0.15) is 5.75 Å². The Kier molecular flexibility index (Phi) is 6.31. The van der Waals surface area contributed by atoms with Crippen LogP contribution in [-0.4, -0.2) is 29.0 Å². The molecule has 0 spiro atoms. The summed E-state index contributed by atoms with van der Waals surface area (Å²) in [4.78, 5) is 12.2.